The zero-order valence-electron chi connectivity index (χ0n) is 22.2. The molecule has 0 saturated carbocycles. The standard InChI is InChI=1S/C26H43N3O5/c1-10-14-17(3)27-22(31)21(19-15-12-13-16-20(19)30)29(26(8,9)11-2)23(32)18(4)28-24(33)34-25(5,6)7/h12-13,15-18,21,30H,10-11,14H2,1-9H3,(H,27,31)(H,28,33). The number of hydrogen-bond acceptors (Lipinski definition) is 5. The molecule has 3 N–H and O–H groups in total. The van der Waals surface area contributed by atoms with Crippen LogP contribution in [0.1, 0.15) is 93.2 Å². The van der Waals surface area contributed by atoms with Crippen LogP contribution in [0.2, 0.25) is 0 Å². The number of phenolic OH excluding ortho intramolecular Hbond substituents is 1. The molecule has 192 valence electrons. The van der Waals surface area contributed by atoms with Crippen molar-refractivity contribution in [3.63, 3.8) is 0 Å². The fourth-order valence-electron chi connectivity index (χ4n) is 3.64. The van der Waals surface area contributed by atoms with Crippen LogP contribution in [0.25, 0.3) is 0 Å². The number of nitrogens with zero attached hydrogens (tertiary/aromatic N) is 1. The Hall–Kier alpha value is -2.77. The molecule has 1 rings (SSSR count). The Bertz CT molecular complexity index is 847. The van der Waals surface area contributed by atoms with Crippen LogP contribution < -0.4 is 10.6 Å². The molecular weight excluding hydrogens is 434 g/mol. The quantitative estimate of drug-likeness (QED) is 0.454. The van der Waals surface area contributed by atoms with Gasteiger partial charge in [0.15, 0.2) is 0 Å². The second-order valence-electron chi connectivity index (χ2n) is 10.4. The number of hydrogen-bond donors (Lipinski definition) is 3. The fraction of sp³-hybridized carbons (Fsp3) is 0.654. The maximum Gasteiger partial charge on any atom is 0.408 e. The number of benzene rings is 1. The molecule has 0 heterocycles. The molecule has 34 heavy (non-hydrogen) atoms. The zero-order valence-corrected chi connectivity index (χ0v) is 22.2. The highest BCUT2D eigenvalue weighted by Gasteiger charge is 2.43. The molecule has 0 bridgehead atoms. The van der Waals surface area contributed by atoms with Crippen LogP contribution in [0.4, 0.5) is 4.79 Å². The Morgan fingerprint density at radius 1 is 1.03 bits per heavy atom. The van der Waals surface area contributed by atoms with E-state index in [0.29, 0.717) is 12.0 Å². The predicted molar refractivity (Wildman–Crippen MR) is 133 cm³/mol. The lowest BCUT2D eigenvalue weighted by atomic mass is 9.91. The minimum absolute atomic E-state index is 0.0803. The van der Waals surface area contributed by atoms with Crippen molar-refractivity contribution in [3.05, 3.63) is 29.8 Å². The Labute approximate surface area is 204 Å². The lowest BCUT2D eigenvalue weighted by molar-refractivity contribution is -0.149. The second kappa shape index (κ2) is 12.1. The fourth-order valence-corrected chi connectivity index (χ4v) is 3.64. The molecule has 0 aromatic heterocycles. The Kier molecular flexibility index (Phi) is 10.4. The summed E-state index contributed by atoms with van der Waals surface area (Å²) in [4.78, 5) is 41.2. The summed E-state index contributed by atoms with van der Waals surface area (Å²) in [6, 6.07) is 4.36. The Morgan fingerprint density at radius 3 is 2.12 bits per heavy atom. The number of carbonyl (C=O) groups is 3. The average molecular weight is 478 g/mol. The van der Waals surface area contributed by atoms with Crippen LogP contribution in [0.3, 0.4) is 0 Å². The van der Waals surface area contributed by atoms with Gasteiger partial charge in [0, 0.05) is 17.1 Å². The van der Waals surface area contributed by atoms with E-state index in [-0.39, 0.29) is 17.7 Å². The number of para-hydroxylation sites is 1. The van der Waals surface area contributed by atoms with Crippen molar-refractivity contribution >= 4 is 17.9 Å². The Morgan fingerprint density at radius 2 is 1.62 bits per heavy atom. The van der Waals surface area contributed by atoms with Crippen molar-refractivity contribution in [2.45, 2.75) is 111 Å². The van der Waals surface area contributed by atoms with Gasteiger partial charge in [0.05, 0.1) is 0 Å². The summed E-state index contributed by atoms with van der Waals surface area (Å²) in [7, 11) is 0. The van der Waals surface area contributed by atoms with E-state index in [0.717, 1.165) is 12.8 Å². The molecule has 1 aromatic carbocycles. The van der Waals surface area contributed by atoms with Gasteiger partial charge in [-0.05, 0) is 67.4 Å². The van der Waals surface area contributed by atoms with Gasteiger partial charge in [0.1, 0.15) is 23.4 Å². The molecule has 1 aromatic rings. The van der Waals surface area contributed by atoms with Crippen molar-refractivity contribution in [2.75, 3.05) is 0 Å². The highest BCUT2D eigenvalue weighted by Crippen LogP contribution is 2.35. The molecule has 8 heteroatoms. The monoisotopic (exact) mass is 477 g/mol. The number of aromatic hydroxyl groups is 1. The van der Waals surface area contributed by atoms with Crippen molar-refractivity contribution in [1.82, 2.24) is 15.5 Å². The molecular formula is C26H43N3O5. The third-order valence-electron chi connectivity index (χ3n) is 5.71. The van der Waals surface area contributed by atoms with Gasteiger partial charge in [0.25, 0.3) is 0 Å². The van der Waals surface area contributed by atoms with E-state index in [4.69, 9.17) is 4.74 Å². The van der Waals surface area contributed by atoms with E-state index in [1.165, 1.54) is 11.0 Å². The average Bonchev–Trinajstić information content (AvgIpc) is 2.70. The highest BCUT2D eigenvalue weighted by molar-refractivity contribution is 5.93. The van der Waals surface area contributed by atoms with Gasteiger partial charge in [-0.3, -0.25) is 9.59 Å². The summed E-state index contributed by atoms with van der Waals surface area (Å²) in [6.07, 6.45) is 1.49. The van der Waals surface area contributed by atoms with Crippen LogP contribution in [0, 0.1) is 0 Å². The molecule has 8 nitrogen and oxygen atoms in total. The zero-order chi connectivity index (χ0) is 26.3. The maximum absolute atomic E-state index is 13.8. The number of amides is 3. The van der Waals surface area contributed by atoms with Gasteiger partial charge < -0.3 is 25.4 Å². The number of alkyl carbamates (subject to hydrolysis) is 1. The van der Waals surface area contributed by atoms with Gasteiger partial charge in [0.2, 0.25) is 11.8 Å². The third kappa shape index (κ3) is 8.22. The third-order valence-corrected chi connectivity index (χ3v) is 5.71. The molecule has 0 aliphatic carbocycles. The number of rotatable bonds is 10. The number of carbonyl (C=O) groups excluding carboxylic acids is 3. The van der Waals surface area contributed by atoms with Gasteiger partial charge >= 0.3 is 6.09 Å². The first-order chi connectivity index (χ1) is 15.6. The van der Waals surface area contributed by atoms with Crippen LogP contribution in [0.5, 0.6) is 5.75 Å². The van der Waals surface area contributed by atoms with E-state index in [1.807, 2.05) is 34.6 Å². The van der Waals surface area contributed by atoms with Crippen LogP contribution in [-0.4, -0.2) is 51.1 Å². The largest absolute Gasteiger partial charge is 0.508 e. The summed E-state index contributed by atoms with van der Waals surface area (Å²) in [5, 5.41) is 16.2. The summed E-state index contributed by atoms with van der Waals surface area (Å²) in [5.41, 5.74) is -1.16. The minimum atomic E-state index is -1.09. The summed E-state index contributed by atoms with van der Waals surface area (Å²) in [6.45, 7) is 16.4. The van der Waals surface area contributed by atoms with Gasteiger partial charge in [-0.2, -0.15) is 0 Å². The first-order valence-electron chi connectivity index (χ1n) is 12.1. The van der Waals surface area contributed by atoms with Crippen LogP contribution >= 0.6 is 0 Å². The molecule has 0 spiro atoms. The predicted octanol–water partition coefficient (Wildman–Crippen LogP) is 4.67. The number of nitrogens with one attached hydrogen (secondary N) is 2. The van der Waals surface area contributed by atoms with Crippen LogP contribution in [-0.2, 0) is 14.3 Å². The summed E-state index contributed by atoms with van der Waals surface area (Å²) >= 11 is 0. The smallest absolute Gasteiger partial charge is 0.408 e. The molecule has 3 amide bonds. The van der Waals surface area contributed by atoms with E-state index < -0.39 is 35.2 Å². The van der Waals surface area contributed by atoms with Gasteiger partial charge in [-0.1, -0.05) is 38.5 Å². The Balaban J connectivity index is 3.48. The molecule has 3 atom stereocenters. The van der Waals surface area contributed by atoms with E-state index in [1.54, 1.807) is 45.9 Å². The first kappa shape index (κ1) is 29.3. The first-order valence-corrected chi connectivity index (χ1v) is 12.1. The highest BCUT2D eigenvalue weighted by atomic mass is 16.6. The van der Waals surface area contributed by atoms with Gasteiger partial charge in [-0.15, -0.1) is 0 Å². The minimum Gasteiger partial charge on any atom is -0.508 e. The van der Waals surface area contributed by atoms with E-state index in [2.05, 4.69) is 10.6 Å². The maximum atomic E-state index is 13.8. The number of phenols is 1. The SMILES string of the molecule is CCCC(C)NC(=O)C(c1ccccc1O)N(C(=O)C(C)NC(=O)OC(C)(C)C)C(C)(C)CC. The lowest BCUT2D eigenvalue weighted by Gasteiger charge is -2.44. The van der Waals surface area contributed by atoms with Crippen molar-refractivity contribution in [3.8, 4) is 5.75 Å². The topological polar surface area (TPSA) is 108 Å². The molecule has 0 radical (unpaired) electrons. The van der Waals surface area contributed by atoms with Crippen molar-refractivity contribution in [1.29, 1.82) is 0 Å². The normalized spacial score (nSPS) is 14.5. The summed E-state index contributed by atoms with van der Waals surface area (Å²) < 4.78 is 5.30. The van der Waals surface area contributed by atoms with Crippen molar-refractivity contribution < 1.29 is 24.2 Å². The lowest BCUT2D eigenvalue weighted by Crippen LogP contribution is -2.59. The second-order valence-corrected chi connectivity index (χ2v) is 10.4. The van der Waals surface area contributed by atoms with E-state index >= 15 is 0 Å². The van der Waals surface area contributed by atoms with E-state index in [9.17, 15) is 19.5 Å². The number of ether oxygens (including phenoxy) is 1. The van der Waals surface area contributed by atoms with Crippen LogP contribution in [0.15, 0.2) is 24.3 Å². The summed E-state index contributed by atoms with van der Waals surface area (Å²) in [5.74, 6) is -0.922. The molecule has 0 aliphatic rings. The molecule has 0 fully saturated rings. The molecule has 3 unspecified atom stereocenters. The van der Waals surface area contributed by atoms with Crippen molar-refractivity contribution in [2.24, 2.45) is 0 Å². The molecule has 0 saturated heterocycles. The molecule has 0 aliphatic heterocycles. The van der Waals surface area contributed by atoms with Gasteiger partial charge in [-0.25, -0.2) is 4.79 Å².